The summed E-state index contributed by atoms with van der Waals surface area (Å²) in [6, 6.07) is 12.8. The Kier molecular flexibility index (Phi) is 5.37. The van der Waals surface area contributed by atoms with Crippen LogP contribution >= 0.6 is 0 Å². The minimum atomic E-state index is -0.491. The second kappa shape index (κ2) is 7.95. The fourth-order valence-electron chi connectivity index (χ4n) is 4.23. The van der Waals surface area contributed by atoms with E-state index in [2.05, 4.69) is 4.90 Å². The molecule has 2 heterocycles. The van der Waals surface area contributed by atoms with Crippen LogP contribution < -0.4 is 0 Å². The molecule has 4 nitrogen and oxygen atoms in total. The first kappa shape index (κ1) is 19.6. The van der Waals surface area contributed by atoms with Gasteiger partial charge in [-0.2, -0.15) is 0 Å². The molecule has 2 aliphatic heterocycles. The highest BCUT2D eigenvalue weighted by atomic mass is 19.1. The minimum absolute atomic E-state index is 0.0952. The average Bonchev–Trinajstić information content (AvgIpc) is 3.36. The van der Waals surface area contributed by atoms with Crippen LogP contribution in [0.3, 0.4) is 0 Å². The summed E-state index contributed by atoms with van der Waals surface area (Å²) in [6.07, 6.45) is 2.81. The molecule has 2 amide bonds. The van der Waals surface area contributed by atoms with E-state index in [-0.39, 0.29) is 30.2 Å². The lowest BCUT2D eigenvalue weighted by Gasteiger charge is -2.33. The van der Waals surface area contributed by atoms with E-state index in [9.17, 15) is 13.6 Å². The molecule has 0 aliphatic carbocycles. The topological polar surface area (TPSA) is 26.8 Å². The highest BCUT2D eigenvalue weighted by molar-refractivity contribution is 5.82. The van der Waals surface area contributed by atoms with Crippen LogP contribution in [0.5, 0.6) is 0 Å². The Morgan fingerprint density at radius 3 is 2.59 bits per heavy atom. The molecule has 0 saturated carbocycles. The number of urea groups is 1. The van der Waals surface area contributed by atoms with Gasteiger partial charge in [0.25, 0.3) is 0 Å². The molecule has 0 N–H and O–H groups in total. The van der Waals surface area contributed by atoms with Crippen LogP contribution in [0.2, 0.25) is 0 Å². The summed E-state index contributed by atoms with van der Waals surface area (Å²) in [4.78, 5) is 19.1. The first-order valence-electron chi connectivity index (χ1n) is 9.87. The van der Waals surface area contributed by atoms with Gasteiger partial charge in [0, 0.05) is 31.7 Å². The highest BCUT2D eigenvalue weighted by Gasteiger charge is 2.36. The van der Waals surface area contributed by atoms with Crippen molar-refractivity contribution in [2.45, 2.75) is 18.5 Å². The van der Waals surface area contributed by atoms with Gasteiger partial charge in [-0.15, -0.1) is 0 Å². The molecule has 2 atom stereocenters. The van der Waals surface area contributed by atoms with Crippen molar-refractivity contribution in [3.05, 3.63) is 77.4 Å². The van der Waals surface area contributed by atoms with Crippen molar-refractivity contribution in [3.63, 3.8) is 0 Å². The van der Waals surface area contributed by atoms with Gasteiger partial charge < -0.3 is 14.7 Å². The van der Waals surface area contributed by atoms with Crippen molar-refractivity contribution in [2.24, 2.45) is 0 Å². The van der Waals surface area contributed by atoms with Gasteiger partial charge in [-0.25, -0.2) is 13.6 Å². The number of amides is 2. The molecule has 0 bridgehead atoms. The van der Waals surface area contributed by atoms with Crippen LogP contribution in [0, 0.1) is 11.6 Å². The Balaban J connectivity index is 1.66. The van der Waals surface area contributed by atoms with Crippen molar-refractivity contribution in [1.82, 2.24) is 14.7 Å². The number of carbonyl (C=O) groups is 1. The van der Waals surface area contributed by atoms with Crippen molar-refractivity contribution in [1.29, 1.82) is 0 Å². The zero-order chi connectivity index (χ0) is 20.5. The first-order valence-corrected chi connectivity index (χ1v) is 9.87. The Morgan fingerprint density at radius 2 is 1.90 bits per heavy atom. The molecule has 0 radical (unpaired) electrons. The number of likely N-dealkylation sites (tertiary alicyclic amines) is 1. The van der Waals surface area contributed by atoms with E-state index in [1.165, 1.54) is 6.07 Å². The third kappa shape index (κ3) is 3.90. The van der Waals surface area contributed by atoms with E-state index in [1.807, 2.05) is 50.5 Å². The van der Waals surface area contributed by atoms with Gasteiger partial charge in [0.1, 0.15) is 11.6 Å². The van der Waals surface area contributed by atoms with Gasteiger partial charge in [0.2, 0.25) is 0 Å². The molecule has 2 aromatic rings. The monoisotopic (exact) mass is 397 g/mol. The second-order valence-electron chi connectivity index (χ2n) is 7.90. The molecule has 1 saturated heterocycles. The molecule has 2 aromatic carbocycles. The van der Waals surface area contributed by atoms with E-state index >= 15 is 0 Å². The number of hydrogen-bond acceptors (Lipinski definition) is 2. The van der Waals surface area contributed by atoms with Crippen LogP contribution in [0.15, 0.2) is 54.6 Å². The number of nitrogens with zero attached hydrogens (tertiary/aromatic N) is 3. The Morgan fingerprint density at radius 1 is 1.14 bits per heavy atom. The SMILES string of the molecule is CN1CC[C@H](N(C)C(=O)N2CC(c3cc(F)ccc3F)=C[C@H]2c2ccccc2)C1. The van der Waals surface area contributed by atoms with Gasteiger partial charge in [0.15, 0.2) is 0 Å². The molecule has 4 rings (SSSR count). The van der Waals surface area contributed by atoms with E-state index < -0.39 is 11.6 Å². The molecule has 2 aliphatic rings. The van der Waals surface area contributed by atoms with Gasteiger partial charge in [-0.05, 0) is 49.3 Å². The molecular formula is C23H25F2N3O. The van der Waals surface area contributed by atoms with Crippen LogP contribution in [0.1, 0.15) is 23.6 Å². The lowest BCUT2D eigenvalue weighted by atomic mass is 10.0. The van der Waals surface area contributed by atoms with E-state index in [0.29, 0.717) is 5.57 Å². The lowest BCUT2D eigenvalue weighted by molar-refractivity contribution is 0.146. The summed E-state index contributed by atoms with van der Waals surface area (Å²) in [5.74, 6) is -0.973. The summed E-state index contributed by atoms with van der Waals surface area (Å²) in [5.41, 5.74) is 1.79. The number of rotatable bonds is 3. The quantitative estimate of drug-likeness (QED) is 0.778. The predicted octanol–water partition coefficient (Wildman–Crippen LogP) is 4.16. The Labute approximate surface area is 170 Å². The highest BCUT2D eigenvalue weighted by Crippen LogP contribution is 2.36. The summed E-state index contributed by atoms with van der Waals surface area (Å²) >= 11 is 0. The van der Waals surface area contributed by atoms with Crippen molar-refractivity contribution in [2.75, 3.05) is 33.7 Å². The number of hydrogen-bond donors (Lipinski definition) is 0. The van der Waals surface area contributed by atoms with Crippen LogP contribution in [-0.2, 0) is 0 Å². The van der Waals surface area contributed by atoms with Gasteiger partial charge in [-0.1, -0.05) is 36.4 Å². The number of benzene rings is 2. The van der Waals surface area contributed by atoms with Gasteiger partial charge in [-0.3, -0.25) is 0 Å². The maximum Gasteiger partial charge on any atom is 0.321 e. The number of halogens is 2. The second-order valence-corrected chi connectivity index (χ2v) is 7.90. The average molecular weight is 397 g/mol. The lowest BCUT2D eigenvalue weighted by Crippen LogP contribution is -2.46. The summed E-state index contributed by atoms with van der Waals surface area (Å²) in [7, 11) is 3.88. The maximum atomic E-state index is 14.4. The summed E-state index contributed by atoms with van der Waals surface area (Å²) in [5, 5.41) is 0. The molecule has 1 fully saturated rings. The number of likely N-dealkylation sites (N-methyl/N-ethyl adjacent to an activating group) is 2. The summed E-state index contributed by atoms with van der Waals surface area (Å²) < 4.78 is 28.2. The van der Waals surface area contributed by atoms with E-state index in [0.717, 1.165) is 37.2 Å². The smallest absolute Gasteiger partial charge is 0.321 e. The zero-order valence-electron chi connectivity index (χ0n) is 16.7. The van der Waals surface area contributed by atoms with Crippen LogP contribution in [0.25, 0.3) is 5.57 Å². The van der Waals surface area contributed by atoms with E-state index in [1.54, 1.807) is 9.80 Å². The molecule has 0 unspecified atom stereocenters. The molecule has 0 aromatic heterocycles. The standard InChI is InChI=1S/C23H25F2N3O/c1-26-11-10-19(15-26)27(2)23(29)28-14-17(20-13-18(24)8-9-21(20)25)12-22(28)16-6-4-3-5-7-16/h3-9,12-13,19,22H,10-11,14-15H2,1-2H3/t19-,22-/m0/s1. The van der Waals surface area contributed by atoms with Crippen LogP contribution in [-0.4, -0.2) is 60.5 Å². The van der Waals surface area contributed by atoms with Crippen molar-refractivity contribution in [3.8, 4) is 0 Å². The molecule has 0 spiro atoms. The van der Waals surface area contributed by atoms with Crippen LogP contribution in [0.4, 0.5) is 13.6 Å². The third-order valence-electron chi connectivity index (χ3n) is 5.91. The predicted molar refractivity (Wildman–Crippen MR) is 109 cm³/mol. The fraction of sp³-hybridized carbons (Fsp3) is 0.348. The fourth-order valence-corrected chi connectivity index (χ4v) is 4.23. The number of carbonyl (C=O) groups excluding carboxylic acids is 1. The molecular weight excluding hydrogens is 372 g/mol. The largest absolute Gasteiger partial charge is 0.323 e. The minimum Gasteiger partial charge on any atom is -0.323 e. The summed E-state index contributed by atoms with van der Waals surface area (Å²) in [6.45, 7) is 2.04. The maximum absolute atomic E-state index is 14.4. The third-order valence-corrected chi connectivity index (χ3v) is 5.91. The Hall–Kier alpha value is -2.73. The van der Waals surface area contributed by atoms with Gasteiger partial charge in [0.05, 0.1) is 6.04 Å². The molecule has 6 heteroatoms. The van der Waals surface area contributed by atoms with Crippen molar-refractivity contribution >= 4 is 11.6 Å². The molecule has 29 heavy (non-hydrogen) atoms. The van der Waals surface area contributed by atoms with Gasteiger partial charge >= 0.3 is 6.03 Å². The Bertz CT molecular complexity index is 931. The normalized spacial score (nSPS) is 22.1. The van der Waals surface area contributed by atoms with E-state index in [4.69, 9.17) is 0 Å². The first-order chi connectivity index (χ1) is 13.9. The zero-order valence-corrected chi connectivity index (χ0v) is 16.7. The molecule has 152 valence electrons. The van der Waals surface area contributed by atoms with Crippen molar-refractivity contribution < 1.29 is 13.6 Å².